The molecule has 1 heterocycles. The number of benzene rings is 2. The first-order chi connectivity index (χ1) is 12.5. The highest BCUT2D eigenvalue weighted by Crippen LogP contribution is 2.15. The average molecular weight is 351 g/mol. The van der Waals surface area contributed by atoms with Gasteiger partial charge < -0.3 is 9.72 Å². The summed E-state index contributed by atoms with van der Waals surface area (Å²) >= 11 is 0. The van der Waals surface area contributed by atoms with E-state index in [-0.39, 0.29) is 5.69 Å². The molecule has 0 aliphatic heterocycles. The van der Waals surface area contributed by atoms with E-state index in [2.05, 4.69) is 15.8 Å². The number of aromatic amines is 1. The average Bonchev–Trinajstić information content (AvgIpc) is 3.10. The lowest BCUT2D eigenvalue weighted by Gasteiger charge is -2.13. The van der Waals surface area contributed by atoms with Crippen LogP contribution < -0.4 is 10.9 Å². The van der Waals surface area contributed by atoms with Crippen molar-refractivity contribution in [1.82, 2.24) is 15.8 Å². The molecule has 26 heavy (non-hydrogen) atoms. The van der Waals surface area contributed by atoms with Crippen LogP contribution in [0.2, 0.25) is 0 Å². The van der Waals surface area contributed by atoms with E-state index in [1.165, 1.54) is 6.92 Å². The summed E-state index contributed by atoms with van der Waals surface area (Å²) < 4.78 is 5.13. The number of ether oxygens (including phenoxy) is 1. The van der Waals surface area contributed by atoms with E-state index in [1.807, 2.05) is 24.3 Å². The standard InChI is InChI=1S/C19H17N3O4/c1-12(17(23)21-22-18(24)13-7-3-2-4-8-13)26-19(25)16-11-14-9-5-6-10-15(14)20-16/h2-12,20H,1H3,(H,21,23)(H,22,24)/t12-/m1/s1. The van der Waals surface area contributed by atoms with Crippen molar-refractivity contribution >= 4 is 28.7 Å². The number of hydrogen-bond donors (Lipinski definition) is 3. The molecule has 0 spiro atoms. The van der Waals surface area contributed by atoms with Crippen LogP contribution in [0.15, 0.2) is 60.7 Å². The van der Waals surface area contributed by atoms with Gasteiger partial charge in [0.25, 0.3) is 11.8 Å². The molecule has 132 valence electrons. The van der Waals surface area contributed by atoms with Gasteiger partial charge in [0.15, 0.2) is 6.10 Å². The first kappa shape index (κ1) is 17.2. The van der Waals surface area contributed by atoms with Crippen LogP contribution >= 0.6 is 0 Å². The normalized spacial score (nSPS) is 11.6. The number of esters is 1. The van der Waals surface area contributed by atoms with Gasteiger partial charge in [-0.25, -0.2) is 4.79 Å². The summed E-state index contributed by atoms with van der Waals surface area (Å²) in [5.41, 5.74) is 5.96. The maximum absolute atomic E-state index is 12.2. The number of H-pyrrole nitrogens is 1. The molecular formula is C19H17N3O4. The highest BCUT2D eigenvalue weighted by atomic mass is 16.5. The third-order valence-electron chi connectivity index (χ3n) is 3.74. The number of fused-ring (bicyclic) bond motifs is 1. The van der Waals surface area contributed by atoms with Crippen molar-refractivity contribution in [2.24, 2.45) is 0 Å². The molecule has 0 aliphatic carbocycles. The lowest BCUT2D eigenvalue weighted by Crippen LogP contribution is -2.46. The summed E-state index contributed by atoms with van der Waals surface area (Å²) in [5, 5.41) is 0.867. The molecule has 3 aromatic rings. The van der Waals surface area contributed by atoms with Gasteiger partial charge in [0, 0.05) is 16.5 Å². The number of rotatable bonds is 4. The van der Waals surface area contributed by atoms with Gasteiger partial charge in [0.05, 0.1) is 0 Å². The van der Waals surface area contributed by atoms with Gasteiger partial charge in [-0.3, -0.25) is 20.4 Å². The Bertz CT molecular complexity index is 917. The lowest BCUT2D eigenvalue weighted by molar-refractivity contribution is -0.129. The van der Waals surface area contributed by atoms with E-state index in [4.69, 9.17) is 4.74 Å². The van der Waals surface area contributed by atoms with Crippen molar-refractivity contribution in [2.45, 2.75) is 13.0 Å². The topological polar surface area (TPSA) is 100 Å². The number of carbonyl (C=O) groups excluding carboxylic acids is 3. The quantitative estimate of drug-likeness (QED) is 0.495. The molecule has 0 radical (unpaired) electrons. The predicted molar refractivity (Wildman–Crippen MR) is 95.2 cm³/mol. The summed E-state index contributed by atoms with van der Waals surface area (Å²) in [7, 11) is 0. The van der Waals surface area contributed by atoms with Crippen molar-refractivity contribution in [1.29, 1.82) is 0 Å². The fraction of sp³-hybridized carbons (Fsp3) is 0.105. The minimum absolute atomic E-state index is 0.249. The first-order valence-corrected chi connectivity index (χ1v) is 7.98. The van der Waals surface area contributed by atoms with Crippen molar-refractivity contribution in [3.63, 3.8) is 0 Å². The SMILES string of the molecule is C[C@@H](OC(=O)c1cc2ccccc2[nH]1)C(=O)NNC(=O)c1ccccc1. The predicted octanol–water partition coefficient (Wildman–Crippen LogP) is 2.17. The molecule has 2 amide bonds. The van der Waals surface area contributed by atoms with Crippen LogP contribution in [-0.4, -0.2) is 28.9 Å². The Hall–Kier alpha value is -3.61. The number of aromatic nitrogens is 1. The third-order valence-corrected chi connectivity index (χ3v) is 3.74. The van der Waals surface area contributed by atoms with Gasteiger partial charge in [0.1, 0.15) is 5.69 Å². The summed E-state index contributed by atoms with van der Waals surface area (Å²) in [6.45, 7) is 1.42. The van der Waals surface area contributed by atoms with Crippen molar-refractivity contribution in [3.8, 4) is 0 Å². The van der Waals surface area contributed by atoms with E-state index in [0.29, 0.717) is 5.56 Å². The Morgan fingerprint density at radius 2 is 1.65 bits per heavy atom. The molecule has 0 aliphatic rings. The summed E-state index contributed by atoms with van der Waals surface area (Å²) in [4.78, 5) is 39.0. The summed E-state index contributed by atoms with van der Waals surface area (Å²) in [6, 6.07) is 17.5. The fourth-order valence-electron chi connectivity index (χ4n) is 2.34. The minimum atomic E-state index is -1.08. The number of para-hydroxylation sites is 1. The number of hydrogen-bond acceptors (Lipinski definition) is 4. The molecule has 7 nitrogen and oxygen atoms in total. The van der Waals surface area contributed by atoms with Crippen molar-refractivity contribution < 1.29 is 19.1 Å². The zero-order valence-corrected chi connectivity index (χ0v) is 14.0. The van der Waals surface area contributed by atoms with Gasteiger partial charge in [-0.05, 0) is 31.2 Å². The van der Waals surface area contributed by atoms with Crippen molar-refractivity contribution in [3.05, 3.63) is 71.9 Å². The van der Waals surface area contributed by atoms with Gasteiger partial charge in [-0.15, -0.1) is 0 Å². The molecule has 7 heteroatoms. The molecule has 0 saturated carbocycles. The highest BCUT2D eigenvalue weighted by Gasteiger charge is 2.20. The molecular weight excluding hydrogens is 334 g/mol. The monoisotopic (exact) mass is 351 g/mol. The van der Waals surface area contributed by atoms with E-state index < -0.39 is 23.9 Å². The van der Waals surface area contributed by atoms with Crippen LogP contribution in [-0.2, 0) is 9.53 Å². The Morgan fingerprint density at radius 3 is 2.38 bits per heavy atom. The van der Waals surface area contributed by atoms with E-state index >= 15 is 0 Å². The summed E-state index contributed by atoms with van der Waals surface area (Å²) in [5.74, 6) is -1.76. The zero-order chi connectivity index (χ0) is 18.5. The number of nitrogens with one attached hydrogen (secondary N) is 3. The van der Waals surface area contributed by atoms with Crippen LogP contribution in [0.1, 0.15) is 27.8 Å². The molecule has 3 N–H and O–H groups in total. The second-order valence-corrected chi connectivity index (χ2v) is 5.63. The molecule has 1 atom stereocenters. The van der Waals surface area contributed by atoms with Crippen molar-refractivity contribution in [2.75, 3.05) is 0 Å². The maximum atomic E-state index is 12.2. The van der Waals surface area contributed by atoms with E-state index in [0.717, 1.165) is 10.9 Å². The van der Waals surface area contributed by atoms with E-state index in [9.17, 15) is 14.4 Å². The van der Waals surface area contributed by atoms with Gasteiger partial charge >= 0.3 is 5.97 Å². The Labute approximate surface area is 149 Å². The van der Waals surface area contributed by atoms with Crippen LogP contribution in [0.5, 0.6) is 0 Å². The smallest absolute Gasteiger partial charge is 0.355 e. The molecule has 0 unspecified atom stereocenters. The lowest BCUT2D eigenvalue weighted by atomic mass is 10.2. The zero-order valence-electron chi connectivity index (χ0n) is 14.0. The second-order valence-electron chi connectivity index (χ2n) is 5.63. The number of amides is 2. The Kier molecular flexibility index (Phi) is 4.98. The number of carbonyl (C=O) groups is 3. The largest absolute Gasteiger partial charge is 0.448 e. The second kappa shape index (κ2) is 7.52. The first-order valence-electron chi connectivity index (χ1n) is 7.98. The maximum Gasteiger partial charge on any atom is 0.355 e. The molecule has 0 saturated heterocycles. The highest BCUT2D eigenvalue weighted by molar-refractivity contribution is 5.97. The Morgan fingerprint density at radius 1 is 0.962 bits per heavy atom. The minimum Gasteiger partial charge on any atom is -0.448 e. The fourth-order valence-corrected chi connectivity index (χ4v) is 2.34. The van der Waals surface area contributed by atoms with Crippen LogP contribution in [0.4, 0.5) is 0 Å². The van der Waals surface area contributed by atoms with Crippen LogP contribution in [0.25, 0.3) is 10.9 Å². The van der Waals surface area contributed by atoms with Gasteiger partial charge in [-0.2, -0.15) is 0 Å². The van der Waals surface area contributed by atoms with Gasteiger partial charge in [0.2, 0.25) is 0 Å². The summed E-state index contributed by atoms with van der Waals surface area (Å²) in [6.07, 6.45) is -1.08. The third kappa shape index (κ3) is 3.89. The molecule has 0 bridgehead atoms. The Balaban J connectivity index is 1.55. The van der Waals surface area contributed by atoms with E-state index in [1.54, 1.807) is 36.4 Å². The number of hydrazine groups is 1. The molecule has 3 rings (SSSR count). The molecule has 1 aromatic heterocycles. The molecule has 2 aromatic carbocycles. The van der Waals surface area contributed by atoms with Gasteiger partial charge in [-0.1, -0.05) is 36.4 Å². The van der Waals surface area contributed by atoms with Crippen LogP contribution in [0.3, 0.4) is 0 Å². The van der Waals surface area contributed by atoms with Crippen LogP contribution in [0, 0.1) is 0 Å². The molecule has 0 fully saturated rings.